The van der Waals surface area contributed by atoms with E-state index in [1.54, 1.807) is 0 Å². The van der Waals surface area contributed by atoms with Crippen molar-refractivity contribution in [3.05, 3.63) is 24.3 Å². The standard InChI is InChI=1S/C20H30N2O3/c23-18-3-1-2-4-19(18)25-17-8-6-16(7-9-17)22-20(24)10-5-15-11-13-21-14-12-15/h6-9,15,18-19,21,23H,1-5,10-14H2,(H,22,24). The van der Waals surface area contributed by atoms with Crippen molar-refractivity contribution in [3.63, 3.8) is 0 Å². The minimum Gasteiger partial charge on any atom is -0.488 e. The van der Waals surface area contributed by atoms with Gasteiger partial charge >= 0.3 is 0 Å². The number of hydrogen-bond donors (Lipinski definition) is 3. The third-order valence-electron chi connectivity index (χ3n) is 5.33. The zero-order valence-corrected chi connectivity index (χ0v) is 14.9. The van der Waals surface area contributed by atoms with Crippen molar-refractivity contribution < 1.29 is 14.6 Å². The van der Waals surface area contributed by atoms with Gasteiger partial charge in [0.15, 0.2) is 0 Å². The molecule has 2 fully saturated rings. The van der Waals surface area contributed by atoms with Crippen LogP contribution in [0.3, 0.4) is 0 Å². The largest absolute Gasteiger partial charge is 0.488 e. The topological polar surface area (TPSA) is 70.6 Å². The van der Waals surface area contributed by atoms with Crippen LogP contribution in [0.4, 0.5) is 5.69 Å². The van der Waals surface area contributed by atoms with Gasteiger partial charge in [-0.05, 0) is 81.8 Å². The molecule has 0 aromatic heterocycles. The zero-order chi connectivity index (χ0) is 17.5. The molecule has 1 saturated carbocycles. The summed E-state index contributed by atoms with van der Waals surface area (Å²) in [6, 6.07) is 7.47. The lowest BCUT2D eigenvalue weighted by Crippen LogP contribution is -2.34. The first-order valence-corrected chi connectivity index (χ1v) is 9.66. The summed E-state index contributed by atoms with van der Waals surface area (Å²) < 4.78 is 5.89. The van der Waals surface area contributed by atoms with Crippen LogP contribution in [0, 0.1) is 5.92 Å². The molecule has 1 amide bonds. The number of carbonyl (C=O) groups excluding carboxylic acids is 1. The van der Waals surface area contributed by atoms with Crippen LogP contribution in [-0.2, 0) is 4.79 Å². The average molecular weight is 346 g/mol. The Hall–Kier alpha value is -1.59. The van der Waals surface area contributed by atoms with Crippen LogP contribution < -0.4 is 15.4 Å². The van der Waals surface area contributed by atoms with Gasteiger partial charge in [-0.25, -0.2) is 0 Å². The van der Waals surface area contributed by atoms with Gasteiger partial charge in [0.05, 0.1) is 6.10 Å². The van der Waals surface area contributed by atoms with Gasteiger partial charge in [0, 0.05) is 12.1 Å². The van der Waals surface area contributed by atoms with Gasteiger partial charge in [-0.3, -0.25) is 4.79 Å². The summed E-state index contributed by atoms with van der Waals surface area (Å²) in [5.74, 6) is 1.50. The van der Waals surface area contributed by atoms with Crippen LogP contribution in [0.2, 0.25) is 0 Å². The highest BCUT2D eigenvalue weighted by molar-refractivity contribution is 5.90. The predicted octanol–water partition coefficient (Wildman–Crippen LogP) is 3.09. The summed E-state index contributed by atoms with van der Waals surface area (Å²) in [6.45, 7) is 2.15. The summed E-state index contributed by atoms with van der Waals surface area (Å²) in [7, 11) is 0. The molecule has 138 valence electrons. The van der Waals surface area contributed by atoms with Crippen molar-refractivity contribution in [2.24, 2.45) is 5.92 Å². The van der Waals surface area contributed by atoms with Crippen molar-refractivity contribution >= 4 is 11.6 Å². The Morgan fingerprint density at radius 2 is 1.84 bits per heavy atom. The van der Waals surface area contributed by atoms with E-state index in [0.29, 0.717) is 12.3 Å². The lowest BCUT2D eigenvalue weighted by molar-refractivity contribution is -0.116. The van der Waals surface area contributed by atoms with Crippen molar-refractivity contribution in [2.75, 3.05) is 18.4 Å². The van der Waals surface area contributed by atoms with Gasteiger partial charge in [0.1, 0.15) is 11.9 Å². The van der Waals surface area contributed by atoms with Crippen molar-refractivity contribution in [3.8, 4) is 5.75 Å². The monoisotopic (exact) mass is 346 g/mol. The smallest absolute Gasteiger partial charge is 0.224 e. The van der Waals surface area contributed by atoms with Gasteiger partial charge in [-0.1, -0.05) is 6.42 Å². The molecule has 5 nitrogen and oxygen atoms in total. The fourth-order valence-electron chi connectivity index (χ4n) is 3.74. The number of carbonyl (C=O) groups is 1. The number of aliphatic hydroxyl groups is 1. The molecular formula is C20H30N2O3. The molecule has 0 spiro atoms. The average Bonchev–Trinajstić information content (AvgIpc) is 2.64. The molecule has 3 N–H and O–H groups in total. The van der Waals surface area contributed by atoms with E-state index in [2.05, 4.69) is 10.6 Å². The Kier molecular flexibility index (Phi) is 6.70. The molecule has 1 aliphatic carbocycles. The zero-order valence-electron chi connectivity index (χ0n) is 14.9. The third-order valence-corrected chi connectivity index (χ3v) is 5.33. The van der Waals surface area contributed by atoms with Crippen molar-refractivity contribution in [1.29, 1.82) is 0 Å². The SMILES string of the molecule is O=C(CCC1CCNCC1)Nc1ccc(OC2CCCCC2O)cc1. The van der Waals surface area contributed by atoms with E-state index >= 15 is 0 Å². The first-order chi connectivity index (χ1) is 12.2. The molecular weight excluding hydrogens is 316 g/mol. The maximum absolute atomic E-state index is 12.1. The number of piperidine rings is 1. The number of ether oxygens (including phenoxy) is 1. The van der Waals surface area contributed by atoms with Gasteiger partial charge in [0.25, 0.3) is 0 Å². The molecule has 3 rings (SSSR count). The second kappa shape index (κ2) is 9.20. The van der Waals surface area contributed by atoms with Gasteiger partial charge < -0.3 is 20.5 Å². The van der Waals surface area contributed by atoms with E-state index < -0.39 is 0 Å². The Morgan fingerprint density at radius 1 is 1.12 bits per heavy atom. The normalized spacial score (nSPS) is 24.7. The molecule has 5 heteroatoms. The second-order valence-corrected chi connectivity index (χ2v) is 7.31. The molecule has 25 heavy (non-hydrogen) atoms. The summed E-state index contributed by atoms with van der Waals surface area (Å²) in [5, 5.41) is 16.3. The number of hydrogen-bond acceptors (Lipinski definition) is 4. The molecule has 1 aromatic carbocycles. The fourth-order valence-corrected chi connectivity index (χ4v) is 3.74. The van der Waals surface area contributed by atoms with E-state index in [4.69, 9.17) is 4.74 Å². The van der Waals surface area contributed by atoms with Crippen LogP contribution in [-0.4, -0.2) is 36.3 Å². The van der Waals surface area contributed by atoms with Crippen LogP contribution in [0.1, 0.15) is 51.4 Å². The maximum Gasteiger partial charge on any atom is 0.224 e. The summed E-state index contributed by atoms with van der Waals surface area (Å²) >= 11 is 0. The molecule has 1 aromatic rings. The number of anilines is 1. The van der Waals surface area contributed by atoms with E-state index in [1.165, 1.54) is 12.8 Å². The molecule has 0 bridgehead atoms. The number of nitrogens with one attached hydrogen (secondary N) is 2. The number of aliphatic hydroxyl groups excluding tert-OH is 1. The molecule has 1 aliphatic heterocycles. The quantitative estimate of drug-likeness (QED) is 0.740. The summed E-state index contributed by atoms with van der Waals surface area (Å²) in [5.41, 5.74) is 0.798. The maximum atomic E-state index is 12.1. The number of rotatable bonds is 6. The lowest BCUT2D eigenvalue weighted by Gasteiger charge is -2.28. The van der Waals surface area contributed by atoms with Crippen molar-refractivity contribution in [2.45, 2.75) is 63.6 Å². The molecule has 2 atom stereocenters. The highest BCUT2D eigenvalue weighted by atomic mass is 16.5. The summed E-state index contributed by atoms with van der Waals surface area (Å²) in [6.07, 6.45) is 7.30. The van der Waals surface area contributed by atoms with E-state index in [0.717, 1.165) is 56.6 Å². The first-order valence-electron chi connectivity index (χ1n) is 9.66. The second-order valence-electron chi connectivity index (χ2n) is 7.31. The van der Waals surface area contributed by atoms with Gasteiger partial charge in [0.2, 0.25) is 5.91 Å². The van der Waals surface area contributed by atoms with E-state index in [-0.39, 0.29) is 18.1 Å². The van der Waals surface area contributed by atoms with Gasteiger partial charge in [-0.15, -0.1) is 0 Å². The minimum absolute atomic E-state index is 0.0786. The third kappa shape index (κ3) is 5.72. The molecule has 0 radical (unpaired) electrons. The Morgan fingerprint density at radius 3 is 2.56 bits per heavy atom. The Bertz CT molecular complexity index is 540. The van der Waals surface area contributed by atoms with E-state index in [1.807, 2.05) is 24.3 Å². The van der Waals surface area contributed by atoms with E-state index in [9.17, 15) is 9.90 Å². The molecule has 1 heterocycles. The van der Waals surface area contributed by atoms with Crippen LogP contribution in [0.15, 0.2) is 24.3 Å². The van der Waals surface area contributed by atoms with Crippen LogP contribution in [0.25, 0.3) is 0 Å². The number of amides is 1. The Labute approximate surface area is 150 Å². The minimum atomic E-state index is -0.372. The number of benzene rings is 1. The highest BCUT2D eigenvalue weighted by Gasteiger charge is 2.24. The lowest BCUT2D eigenvalue weighted by atomic mass is 9.93. The molecule has 2 aliphatic rings. The molecule has 2 unspecified atom stereocenters. The predicted molar refractivity (Wildman–Crippen MR) is 98.8 cm³/mol. The van der Waals surface area contributed by atoms with Crippen LogP contribution >= 0.6 is 0 Å². The molecule has 1 saturated heterocycles. The fraction of sp³-hybridized carbons (Fsp3) is 0.650. The van der Waals surface area contributed by atoms with Gasteiger partial charge in [-0.2, -0.15) is 0 Å². The summed E-state index contributed by atoms with van der Waals surface area (Å²) in [4.78, 5) is 12.1. The highest BCUT2D eigenvalue weighted by Crippen LogP contribution is 2.25. The first kappa shape index (κ1) is 18.2. The van der Waals surface area contributed by atoms with Crippen molar-refractivity contribution in [1.82, 2.24) is 5.32 Å². The van der Waals surface area contributed by atoms with Crippen LogP contribution in [0.5, 0.6) is 5.75 Å². The Balaban J connectivity index is 1.42.